The molecule has 0 aliphatic carbocycles. The summed E-state index contributed by atoms with van der Waals surface area (Å²) in [7, 11) is 1.38. The fourth-order valence-electron chi connectivity index (χ4n) is 1.39. The SMILES string of the molecule is COc1cc(CN)c(C(F)F)c(CC#N)n1. The van der Waals surface area contributed by atoms with E-state index in [-0.39, 0.29) is 35.7 Å². The molecule has 0 fully saturated rings. The molecular formula is C10H11F2N3O. The van der Waals surface area contributed by atoms with Gasteiger partial charge in [-0.25, -0.2) is 13.8 Å². The van der Waals surface area contributed by atoms with Gasteiger partial charge < -0.3 is 10.5 Å². The first kappa shape index (κ1) is 12.3. The minimum Gasteiger partial charge on any atom is -0.481 e. The van der Waals surface area contributed by atoms with Crippen LogP contribution in [0.3, 0.4) is 0 Å². The minimum absolute atomic E-state index is 0.0253. The number of ether oxygens (including phenoxy) is 1. The van der Waals surface area contributed by atoms with Gasteiger partial charge in [0, 0.05) is 18.2 Å². The maximum atomic E-state index is 12.8. The van der Waals surface area contributed by atoms with Crippen LogP contribution in [0.1, 0.15) is 23.2 Å². The molecule has 0 spiro atoms. The van der Waals surface area contributed by atoms with Gasteiger partial charge in [-0.15, -0.1) is 0 Å². The zero-order valence-corrected chi connectivity index (χ0v) is 8.70. The lowest BCUT2D eigenvalue weighted by molar-refractivity contribution is 0.148. The Labute approximate surface area is 91.7 Å². The summed E-state index contributed by atoms with van der Waals surface area (Å²) in [5.41, 5.74) is 5.40. The number of halogens is 2. The summed E-state index contributed by atoms with van der Waals surface area (Å²) in [6, 6.07) is 3.15. The summed E-state index contributed by atoms with van der Waals surface area (Å²) < 4.78 is 30.4. The van der Waals surface area contributed by atoms with Crippen molar-refractivity contribution in [3.05, 3.63) is 22.9 Å². The van der Waals surface area contributed by atoms with Crippen molar-refractivity contribution in [2.45, 2.75) is 19.4 Å². The number of methoxy groups -OCH3 is 1. The summed E-state index contributed by atoms with van der Waals surface area (Å²) in [5.74, 6) is 0.190. The lowest BCUT2D eigenvalue weighted by atomic mass is 10.0. The summed E-state index contributed by atoms with van der Waals surface area (Å²) in [4.78, 5) is 3.83. The molecule has 0 amide bonds. The van der Waals surface area contributed by atoms with E-state index in [2.05, 4.69) is 4.98 Å². The molecule has 0 aliphatic rings. The molecule has 86 valence electrons. The van der Waals surface area contributed by atoms with Crippen molar-refractivity contribution in [3.8, 4) is 11.9 Å². The lowest BCUT2D eigenvalue weighted by Crippen LogP contribution is -2.08. The summed E-state index contributed by atoms with van der Waals surface area (Å²) in [6.45, 7) is -0.0447. The lowest BCUT2D eigenvalue weighted by Gasteiger charge is -2.12. The first-order valence-electron chi connectivity index (χ1n) is 4.55. The molecule has 1 rings (SSSR count). The van der Waals surface area contributed by atoms with Crippen molar-refractivity contribution < 1.29 is 13.5 Å². The number of hydrogen-bond donors (Lipinski definition) is 1. The van der Waals surface area contributed by atoms with Gasteiger partial charge in [0.15, 0.2) is 0 Å². The van der Waals surface area contributed by atoms with Gasteiger partial charge in [0.2, 0.25) is 5.88 Å². The summed E-state index contributed by atoms with van der Waals surface area (Å²) in [6.07, 6.45) is -2.88. The highest BCUT2D eigenvalue weighted by Gasteiger charge is 2.20. The molecule has 0 aromatic carbocycles. The molecule has 2 N–H and O–H groups in total. The molecule has 0 aliphatic heterocycles. The van der Waals surface area contributed by atoms with Crippen LogP contribution in [0.4, 0.5) is 8.78 Å². The third-order valence-electron chi connectivity index (χ3n) is 2.09. The smallest absolute Gasteiger partial charge is 0.265 e. The average molecular weight is 227 g/mol. The molecule has 0 saturated carbocycles. The second-order valence-corrected chi connectivity index (χ2v) is 3.02. The summed E-state index contributed by atoms with van der Waals surface area (Å²) in [5, 5.41) is 8.55. The minimum atomic E-state index is -2.69. The topological polar surface area (TPSA) is 71.9 Å². The van der Waals surface area contributed by atoms with Crippen molar-refractivity contribution in [1.82, 2.24) is 4.98 Å². The number of hydrogen-bond acceptors (Lipinski definition) is 4. The van der Waals surface area contributed by atoms with Crippen molar-refractivity contribution in [2.24, 2.45) is 5.73 Å². The predicted molar refractivity (Wildman–Crippen MR) is 53.0 cm³/mol. The number of nitrogens with two attached hydrogens (primary N) is 1. The standard InChI is InChI=1S/C10H11F2N3O/c1-16-8-4-6(5-14)9(10(11)12)7(15-8)2-3-13/h4,10H,2,5,14H2,1H3. The third kappa shape index (κ3) is 2.44. The van der Waals surface area contributed by atoms with Crippen LogP contribution in [0.2, 0.25) is 0 Å². The zero-order chi connectivity index (χ0) is 12.1. The second-order valence-electron chi connectivity index (χ2n) is 3.02. The number of pyridine rings is 1. The van der Waals surface area contributed by atoms with E-state index >= 15 is 0 Å². The maximum absolute atomic E-state index is 12.8. The number of nitriles is 1. The molecule has 4 nitrogen and oxygen atoms in total. The Kier molecular flexibility index (Phi) is 4.14. The van der Waals surface area contributed by atoms with E-state index in [1.807, 2.05) is 0 Å². The number of rotatable bonds is 4. The highest BCUT2D eigenvalue weighted by molar-refractivity contribution is 5.37. The fourth-order valence-corrected chi connectivity index (χ4v) is 1.39. The Balaban J connectivity index is 3.36. The van der Waals surface area contributed by atoms with Crippen LogP contribution in [-0.2, 0) is 13.0 Å². The molecule has 16 heavy (non-hydrogen) atoms. The van der Waals surface area contributed by atoms with Crippen molar-refractivity contribution in [3.63, 3.8) is 0 Å². The number of alkyl halides is 2. The number of nitrogens with zero attached hydrogens (tertiary/aromatic N) is 2. The predicted octanol–water partition coefficient (Wildman–Crippen LogP) is 1.55. The van der Waals surface area contributed by atoms with Gasteiger partial charge in [-0.2, -0.15) is 5.26 Å². The van der Waals surface area contributed by atoms with E-state index in [0.717, 1.165) is 0 Å². The van der Waals surface area contributed by atoms with Crippen LogP contribution in [-0.4, -0.2) is 12.1 Å². The van der Waals surface area contributed by atoms with Crippen molar-refractivity contribution >= 4 is 0 Å². The van der Waals surface area contributed by atoms with E-state index < -0.39 is 6.43 Å². The van der Waals surface area contributed by atoms with Crippen LogP contribution in [0, 0.1) is 11.3 Å². The van der Waals surface area contributed by atoms with Gasteiger partial charge in [0.25, 0.3) is 6.43 Å². The summed E-state index contributed by atoms with van der Waals surface area (Å²) >= 11 is 0. The Morgan fingerprint density at radius 3 is 2.75 bits per heavy atom. The molecule has 0 unspecified atom stereocenters. The molecule has 0 radical (unpaired) electrons. The van der Waals surface area contributed by atoms with Crippen molar-refractivity contribution in [1.29, 1.82) is 5.26 Å². The molecule has 6 heteroatoms. The molecule has 1 aromatic heterocycles. The third-order valence-corrected chi connectivity index (χ3v) is 2.09. The second kappa shape index (κ2) is 5.37. The van der Waals surface area contributed by atoms with Gasteiger partial charge in [-0.05, 0) is 5.56 Å². The van der Waals surface area contributed by atoms with E-state index in [9.17, 15) is 8.78 Å². The highest BCUT2D eigenvalue weighted by atomic mass is 19.3. The van der Waals surface area contributed by atoms with E-state index in [1.165, 1.54) is 13.2 Å². The quantitative estimate of drug-likeness (QED) is 0.847. The van der Waals surface area contributed by atoms with Gasteiger partial charge >= 0.3 is 0 Å². The van der Waals surface area contributed by atoms with E-state index in [4.69, 9.17) is 15.7 Å². The van der Waals surface area contributed by atoms with Crippen LogP contribution >= 0.6 is 0 Å². The molecule has 0 atom stereocenters. The zero-order valence-electron chi connectivity index (χ0n) is 8.70. The van der Waals surface area contributed by atoms with E-state index in [1.54, 1.807) is 6.07 Å². The first-order valence-corrected chi connectivity index (χ1v) is 4.55. The van der Waals surface area contributed by atoms with Crippen LogP contribution in [0.25, 0.3) is 0 Å². The van der Waals surface area contributed by atoms with Crippen LogP contribution in [0.5, 0.6) is 5.88 Å². The largest absolute Gasteiger partial charge is 0.481 e. The van der Waals surface area contributed by atoms with Gasteiger partial charge in [0.1, 0.15) is 0 Å². The first-order chi connectivity index (χ1) is 7.63. The highest BCUT2D eigenvalue weighted by Crippen LogP contribution is 2.28. The Bertz CT molecular complexity index is 415. The molecule has 0 saturated heterocycles. The Morgan fingerprint density at radius 2 is 2.31 bits per heavy atom. The van der Waals surface area contributed by atoms with Crippen LogP contribution < -0.4 is 10.5 Å². The molecule has 0 bridgehead atoms. The number of aromatic nitrogens is 1. The van der Waals surface area contributed by atoms with Gasteiger partial charge in [-0.1, -0.05) is 0 Å². The maximum Gasteiger partial charge on any atom is 0.265 e. The average Bonchev–Trinajstić information content (AvgIpc) is 2.27. The van der Waals surface area contributed by atoms with Crippen LogP contribution in [0.15, 0.2) is 6.07 Å². The van der Waals surface area contributed by atoms with E-state index in [0.29, 0.717) is 0 Å². The monoisotopic (exact) mass is 227 g/mol. The normalized spacial score (nSPS) is 10.2. The van der Waals surface area contributed by atoms with Gasteiger partial charge in [0.05, 0.1) is 25.3 Å². The molecule has 1 heterocycles. The Morgan fingerprint density at radius 1 is 1.62 bits per heavy atom. The molecular weight excluding hydrogens is 216 g/mol. The Hall–Kier alpha value is -1.74. The van der Waals surface area contributed by atoms with Crippen molar-refractivity contribution in [2.75, 3.05) is 7.11 Å². The van der Waals surface area contributed by atoms with Gasteiger partial charge in [-0.3, -0.25) is 0 Å². The molecule has 1 aromatic rings. The fraction of sp³-hybridized carbons (Fsp3) is 0.400.